The summed E-state index contributed by atoms with van der Waals surface area (Å²) in [5, 5.41) is 11.5. The third kappa shape index (κ3) is 7.86. The average molecular weight is 449 g/mol. The van der Waals surface area contributed by atoms with E-state index in [2.05, 4.69) is 17.6 Å². The molecule has 0 heterocycles. The second-order valence-electron chi connectivity index (χ2n) is 7.50. The van der Waals surface area contributed by atoms with Gasteiger partial charge in [0, 0.05) is 19.2 Å². The molecule has 9 heteroatoms. The van der Waals surface area contributed by atoms with Crippen molar-refractivity contribution in [3.63, 3.8) is 0 Å². The van der Waals surface area contributed by atoms with E-state index >= 15 is 0 Å². The lowest BCUT2D eigenvalue weighted by atomic mass is 10.1. The van der Waals surface area contributed by atoms with Crippen molar-refractivity contribution in [2.24, 2.45) is 5.14 Å². The van der Waals surface area contributed by atoms with Crippen molar-refractivity contribution >= 4 is 21.6 Å². The summed E-state index contributed by atoms with van der Waals surface area (Å²) in [5.74, 6) is 0.165. The zero-order valence-electron chi connectivity index (χ0n) is 18.3. The van der Waals surface area contributed by atoms with Gasteiger partial charge in [0.1, 0.15) is 16.4 Å². The van der Waals surface area contributed by atoms with Crippen LogP contribution in [0, 0.1) is 0 Å². The van der Waals surface area contributed by atoms with Gasteiger partial charge in [0.2, 0.25) is 10.0 Å². The minimum atomic E-state index is -4.13. The Labute approximate surface area is 184 Å². The maximum absolute atomic E-state index is 12.9. The number of carbonyl (C=O) groups excluding carboxylic acids is 1. The molecule has 0 bridgehead atoms. The molecule has 0 atom stereocenters. The Morgan fingerprint density at radius 3 is 2.42 bits per heavy atom. The summed E-state index contributed by atoms with van der Waals surface area (Å²) in [4.78, 5) is 14.6. The van der Waals surface area contributed by atoms with Gasteiger partial charge < -0.3 is 20.3 Å². The summed E-state index contributed by atoms with van der Waals surface area (Å²) in [6.45, 7) is 4.00. The number of nitrogens with two attached hydrogens (primary N) is 1. The van der Waals surface area contributed by atoms with Crippen molar-refractivity contribution < 1.29 is 17.9 Å². The van der Waals surface area contributed by atoms with Crippen LogP contribution < -0.4 is 20.5 Å². The van der Waals surface area contributed by atoms with Crippen molar-refractivity contribution in [2.45, 2.75) is 31.1 Å². The average Bonchev–Trinajstić information content (AvgIpc) is 2.71. The van der Waals surface area contributed by atoms with Gasteiger partial charge in [0.05, 0.1) is 11.3 Å². The number of benzene rings is 2. The number of nitrogens with one attached hydrogen (secondary N) is 2. The van der Waals surface area contributed by atoms with Gasteiger partial charge in [-0.25, -0.2) is 13.6 Å². The molecule has 0 unspecified atom stereocenters. The molecule has 0 fully saturated rings. The van der Waals surface area contributed by atoms with Crippen LogP contribution in [0.4, 0.5) is 5.69 Å². The Morgan fingerprint density at radius 2 is 1.81 bits per heavy atom. The second kappa shape index (κ2) is 11.7. The van der Waals surface area contributed by atoms with Crippen LogP contribution in [-0.4, -0.2) is 53.0 Å². The molecule has 1 amide bonds. The zero-order valence-corrected chi connectivity index (χ0v) is 19.2. The lowest BCUT2D eigenvalue weighted by Gasteiger charge is -2.17. The van der Waals surface area contributed by atoms with Crippen molar-refractivity contribution in [1.82, 2.24) is 10.2 Å². The number of primary sulfonamides is 1. The minimum absolute atomic E-state index is 0.0665. The highest BCUT2D eigenvalue weighted by Crippen LogP contribution is 2.33. The largest absolute Gasteiger partial charge is 0.456 e. The number of anilines is 1. The van der Waals surface area contributed by atoms with Crippen molar-refractivity contribution in [1.29, 1.82) is 0 Å². The molecule has 0 aliphatic carbocycles. The third-order valence-electron chi connectivity index (χ3n) is 4.52. The molecule has 2 rings (SSSR count). The molecule has 0 aliphatic heterocycles. The molecular formula is C22H32N4O4S. The van der Waals surface area contributed by atoms with Crippen LogP contribution in [0.25, 0.3) is 0 Å². The standard InChI is InChI=1S/C22H32N4O4S/c1-4-5-12-24-19-16-20(30-17-10-7-6-8-11-17)21(31(23,28)29)15-18(19)22(27)25-13-9-14-26(2)3/h6-8,10-11,15-16,24H,4-5,9,12-14H2,1-3H3,(H,25,27)(H2,23,28,29). The van der Waals surface area contributed by atoms with Crippen molar-refractivity contribution in [3.05, 3.63) is 48.0 Å². The number of amides is 1. The van der Waals surface area contributed by atoms with E-state index in [1.54, 1.807) is 24.3 Å². The first kappa shape index (κ1) is 24.6. The Balaban J connectivity index is 2.40. The molecule has 4 N–H and O–H groups in total. The molecule has 0 aliphatic rings. The fourth-order valence-corrected chi connectivity index (χ4v) is 3.57. The number of hydrogen-bond donors (Lipinski definition) is 3. The quantitative estimate of drug-likeness (QED) is 0.430. The van der Waals surface area contributed by atoms with Crippen molar-refractivity contribution in [2.75, 3.05) is 39.0 Å². The Hall–Kier alpha value is -2.62. The number of nitrogens with zero attached hydrogens (tertiary/aromatic N) is 1. The Kier molecular flexibility index (Phi) is 9.29. The van der Waals surface area contributed by atoms with Gasteiger partial charge in [-0.1, -0.05) is 31.5 Å². The van der Waals surface area contributed by atoms with E-state index in [0.29, 0.717) is 24.5 Å². The highest BCUT2D eigenvalue weighted by molar-refractivity contribution is 7.89. The molecule has 2 aromatic rings. The highest BCUT2D eigenvalue weighted by Gasteiger charge is 2.23. The lowest BCUT2D eigenvalue weighted by Crippen LogP contribution is -2.28. The number of para-hydroxylation sites is 1. The molecule has 0 saturated carbocycles. The fourth-order valence-electron chi connectivity index (χ4n) is 2.90. The first-order chi connectivity index (χ1) is 14.7. The van der Waals surface area contributed by atoms with Crippen molar-refractivity contribution in [3.8, 4) is 11.5 Å². The van der Waals surface area contributed by atoms with Gasteiger partial charge in [0.25, 0.3) is 5.91 Å². The maximum atomic E-state index is 12.9. The molecule has 0 saturated heterocycles. The monoisotopic (exact) mass is 448 g/mol. The summed E-state index contributed by atoms with van der Waals surface area (Å²) < 4.78 is 30.3. The number of sulfonamides is 1. The number of unbranched alkanes of at least 4 members (excludes halogenated alkanes) is 1. The van der Waals surface area contributed by atoms with Crippen LogP contribution in [0.3, 0.4) is 0 Å². The van der Waals surface area contributed by atoms with Gasteiger partial charge in [-0.2, -0.15) is 0 Å². The van der Waals surface area contributed by atoms with E-state index in [1.165, 1.54) is 12.1 Å². The number of hydrogen-bond acceptors (Lipinski definition) is 6. The molecule has 0 spiro atoms. The summed E-state index contributed by atoms with van der Waals surface area (Å²) >= 11 is 0. The van der Waals surface area contributed by atoms with E-state index in [1.807, 2.05) is 25.1 Å². The van der Waals surface area contributed by atoms with E-state index in [4.69, 9.17) is 9.88 Å². The van der Waals surface area contributed by atoms with Crippen LogP contribution in [0.1, 0.15) is 36.5 Å². The van der Waals surface area contributed by atoms with Gasteiger partial charge in [-0.3, -0.25) is 4.79 Å². The topological polar surface area (TPSA) is 114 Å². The molecule has 0 radical (unpaired) electrons. The first-order valence-electron chi connectivity index (χ1n) is 10.3. The molecule has 31 heavy (non-hydrogen) atoms. The maximum Gasteiger partial charge on any atom is 0.253 e. The van der Waals surface area contributed by atoms with Crippen LogP contribution >= 0.6 is 0 Å². The second-order valence-corrected chi connectivity index (χ2v) is 9.03. The Bertz CT molecular complexity index is 963. The smallest absolute Gasteiger partial charge is 0.253 e. The third-order valence-corrected chi connectivity index (χ3v) is 5.45. The molecular weight excluding hydrogens is 416 g/mol. The van der Waals surface area contributed by atoms with Gasteiger partial charge in [-0.05, 0) is 51.7 Å². The highest BCUT2D eigenvalue weighted by atomic mass is 32.2. The minimum Gasteiger partial charge on any atom is -0.456 e. The van der Waals surface area contributed by atoms with Crippen LogP contribution in [0.5, 0.6) is 11.5 Å². The Morgan fingerprint density at radius 1 is 1.10 bits per heavy atom. The summed E-state index contributed by atoms with van der Waals surface area (Å²) in [6, 6.07) is 11.6. The van der Waals surface area contributed by atoms with Crippen LogP contribution in [0.2, 0.25) is 0 Å². The van der Waals surface area contributed by atoms with E-state index < -0.39 is 10.0 Å². The first-order valence-corrected chi connectivity index (χ1v) is 11.9. The van der Waals surface area contributed by atoms with Gasteiger partial charge in [0.15, 0.2) is 0 Å². The number of ether oxygens (including phenoxy) is 1. The predicted octanol–water partition coefficient (Wildman–Crippen LogP) is 3.02. The lowest BCUT2D eigenvalue weighted by molar-refractivity contribution is 0.0953. The molecule has 8 nitrogen and oxygen atoms in total. The van der Waals surface area contributed by atoms with E-state index in [0.717, 1.165) is 25.8 Å². The van der Waals surface area contributed by atoms with Gasteiger partial charge >= 0.3 is 0 Å². The van der Waals surface area contributed by atoms with E-state index in [-0.39, 0.29) is 22.1 Å². The number of rotatable bonds is 12. The number of carbonyl (C=O) groups is 1. The molecule has 2 aromatic carbocycles. The fraction of sp³-hybridized carbons (Fsp3) is 0.409. The normalized spacial score (nSPS) is 11.4. The SMILES string of the molecule is CCCCNc1cc(Oc2ccccc2)c(S(N)(=O)=O)cc1C(=O)NCCCN(C)C. The van der Waals surface area contributed by atoms with Gasteiger partial charge in [-0.15, -0.1) is 0 Å². The van der Waals surface area contributed by atoms with Crippen LogP contribution in [0.15, 0.2) is 47.4 Å². The summed E-state index contributed by atoms with van der Waals surface area (Å²) in [7, 11) is -0.208. The molecule has 0 aromatic heterocycles. The summed E-state index contributed by atoms with van der Waals surface area (Å²) in [5.41, 5.74) is 0.710. The van der Waals surface area contributed by atoms with Crippen LogP contribution in [-0.2, 0) is 10.0 Å². The summed E-state index contributed by atoms with van der Waals surface area (Å²) in [6.07, 6.45) is 2.64. The zero-order chi connectivity index (χ0) is 22.9. The molecule has 170 valence electrons. The van der Waals surface area contributed by atoms with E-state index in [9.17, 15) is 13.2 Å². The predicted molar refractivity (Wildman–Crippen MR) is 123 cm³/mol.